The molecule has 76 valence electrons. The third-order valence-corrected chi connectivity index (χ3v) is 2.71. The molecule has 14 heavy (non-hydrogen) atoms. The van der Waals surface area contributed by atoms with Gasteiger partial charge in [0.2, 0.25) is 0 Å². The van der Waals surface area contributed by atoms with Crippen LogP contribution in [0.15, 0.2) is 6.20 Å². The normalized spacial score (nSPS) is 17.1. The van der Waals surface area contributed by atoms with Crippen molar-refractivity contribution in [3.63, 3.8) is 0 Å². The van der Waals surface area contributed by atoms with Gasteiger partial charge in [-0.2, -0.15) is 0 Å². The Morgan fingerprint density at radius 1 is 1.14 bits per heavy atom. The molecule has 0 amide bonds. The van der Waals surface area contributed by atoms with Gasteiger partial charge in [0.05, 0.1) is 11.4 Å². The highest BCUT2D eigenvalue weighted by Gasteiger charge is 2.14. The SMILES string of the molecule is Cc1cnc(C)c(N2CCCCC2)n1. The molecule has 0 aromatic carbocycles. The summed E-state index contributed by atoms with van der Waals surface area (Å²) in [5.74, 6) is 1.09. The van der Waals surface area contributed by atoms with E-state index in [9.17, 15) is 0 Å². The summed E-state index contributed by atoms with van der Waals surface area (Å²) >= 11 is 0. The standard InChI is InChI=1S/C11H17N3/c1-9-8-12-10(2)11(13-9)14-6-4-3-5-7-14/h8H,3-7H2,1-2H3. The lowest BCUT2D eigenvalue weighted by atomic mass is 10.1. The number of aryl methyl sites for hydroxylation is 2. The molecule has 0 aliphatic carbocycles. The quantitative estimate of drug-likeness (QED) is 0.680. The third kappa shape index (κ3) is 1.86. The van der Waals surface area contributed by atoms with E-state index in [2.05, 4.69) is 14.9 Å². The second-order valence-electron chi connectivity index (χ2n) is 3.97. The van der Waals surface area contributed by atoms with Gasteiger partial charge in [0.15, 0.2) is 0 Å². The smallest absolute Gasteiger partial charge is 0.150 e. The Morgan fingerprint density at radius 3 is 2.57 bits per heavy atom. The summed E-state index contributed by atoms with van der Waals surface area (Å²) in [5.41, 5.74) is 2.06. The van der Waals surface area contributed by atoms with E-state index in [0.29, 0.717) is 0 Å². The van der Waals surface area contributed by atoms with Crippen LogP contribution in [-0.4, -0.2) is 23.1 Å². The molecule has 1 fully saturated rings. The number of anilines is 1. The molecule has 1 aromatic heterocycles. The van der Waals surface area contributed by atoms with Gasteiger partial charge >= 0.3 is 0 Å². The average molecular weight is 191 g/mol. The fourth-order valence-corrected chi connectivity index (χ4v) is 1.93. The van der Waals surface area contributed by atoms with Crippen LogP contribution in [0.3, 0.4) is 0 Å². The molecule has 0 saturated carbocycles. The summed E-state index contributed by atoms with van der Waals surface area (Å²) in [4.78, 5) is 11.3. The highest BCUT2D eigenvalue weighted by Crippen LogP contribution is 2.19. The summed E-state index contributed by atoms with van der Waals surface area (Å²) in [5, 5.41) is 0. The maximum absolute atomic E-state index is 4.56. The van der Waals surface area contributed by atoms with E-state index >= 15 is 0 Å². The minimum absolute atomic E-state index is 1.01. The van der Waals surface area contributed by atoms with E-state index in [1.165, 1.54) is 19.3 Å². The first-order valence-corrected chi connectivity index (χ1v) is 5.32. The van der Waals surface area contributed by atoms with Crippen LogP contribution < -0.4 is 4.90 Å². The van der Waals surface area contributed by atoms with Gasteiger partial charge < -0.3 is 4.90 Å². The molecule has 0 unspecified atom stereocenters. The Bertz CT molecular complexity index is 316. The van der Waals surface area contributed by atoms with Crippen LogP contribution in [0.1, 0.15) is 30.7 Å². The van der Waals surface area contributed by atoms with Crippen LogP contribution in [0.2, 0.25) is 0 Å². The van der Waals surface area contributed by atoms with Crippen molar-refractivity contribution in [2.75, 3.05) is 18.0 Å². The highest BCUT2D eigenvalue weighted by molar-refractivity contribution is 5.43. The minimum Gasteiger partial charge on any atom is -0.355 e. The summed E-state index contributed by atoms with van der Waals surface area (Å²) in [7, 11) is 0. The van der Waals surface area contributed by atoms with Gasteiger partial charge in [-0.25, -0.2) is 4.98 Å². The van der Waals surface area contributed by atoms with Crippen molar-refractivity contribution in [1.82, 2.24) is 9.97 Å². The molecule has 3 heteroatoms. The molecule has 1 saturated heterocycles. The zero-order valence-corrected chi connectivity index (χ0v) is 8.95. The Labute approximate surface area is 85.2 Å². The summed E-state index contributed by atoms with van der Waals surface area (Å²) in [6, 6.07) is 0. The summed E-state index contributed by atoms with van der Waals surface area (Å²) in [6.07, 6.45) is 5.77. The topological polar surface area (TPSA) is 29.0 Å². The van der Waals surface area contributed by atoms with Gasteiger partial charge in [-0.15, -0.1) is 0 Å². The molecule has 3 nitrogen and oxygen atoms in total. The van der Waals surface area contributed by atoms with Gasteiger partial charge in [0.25, 0.3) is 0 Å². The molecule has 0 bridgehead atoms. The molecule has 1 aliphatic heterocycles. The number of aromatic nitrogens is 2. The Morgan fingerprint density at radius 2 is 1.86 bits per heavy atom. The molecule has 1 aliphatic rings. The monoisotopic (exact) mass is 191 g/mol. The largest absolute Gasteiger partial charge is 0.355 e. The van der Waals surface area contributed by atoms with Crippen LogP contribution in [0, 0.1) is 13.8 Å². The Hall–Kier alpha value is -1.12. The van der Waals surface area contributed by atoms with Gasteiger partial charge in [-0.1, -0.05) is 0 Å². The van der Waals surface area contributed by atoms with E-state index in [1.807, 2.05) is 20.0 Å². The number of piperidine rings is 1. The van der Waals surface area contributed by atoms with Crippen LogP contribution in [0.25, 0.3) is 0 Å². The number of rotatable bonds is 1. The highest BCUT2D eigenvalue weighted by atomic mass is 15.2. The molecule has 0 atom stereocenters. The lowest BCUT2D eigenvalue weighted by molar-refractivity contribution is 0.571. The van der Waals surface area contributed by atoms with Crippen molar-refractivity contribution in [2.24, 2.45) is 0 Å². The lowest BCUT2D eigenvalue weighted by Gasteiger charge is -2.28. The van der Waals surface area contributed by atoms with Crippen molar-refractivity contribution >= 4 is 5.82 Å². The van der Waals surface area contributed by atoms with Crippen LogP contribution in [0.5, 0.6) is 0 Å². The predicted molar refractivity (Wildman–Crippen MR) is 57.6 cm³/mol. The lowest BCUT2D eigenvalue weighted by Crippen LogP contribution is -2.31. The predicted octanol–water partition coefficient (Wildman–Crippen LogP) is 2.08. The molecular weight excluding hydrogens is 174 g/mol. The van der Waals surface area contributed by atoms with Crippen LogP contribution >= 0.6 is 0 Å². The van der Waals surface area contributed by atoms with Gasteiger partial charge in [0, 0.05) is 19.3 Å². The third-order valence-electron chi connectivity index (χ3n) is 2.71. The second kappa shape index (κ2) is 3.95. The van der Waals surface area contributed by atoms with Crippen molar-refractivity contribution in [1.29, 1.82) is 0 Å². The molecule has 2 heterocycles. The fourth-order valence-electron chi connectivity index (χ4n) is 1.93. The number of nitrogens with zero attached hydrogens (tertiary/aromatic N) is 3. The van der Waals surface area contributed by atoms with Gasteiger partial charge in [-0.05, 0) is 33.1 Å². The van der Waals surface area contributed by atoms with E-state index in [0.717, 1.165) is 30.3 Å². The maximum atomic E-state index is 4.56. The molecule has 1 aromatic rings. The molecule has 0 N–H and O–H groups in total. The van der Waals surface area contributed by atoms with Gasteiger partial charge in [-0.3, -0.25) is 4.98 Å². The van der Waals surface area contributed by atoms with E-state index in [1.54, 1.807) is 0 Å². The first-order chi connectivity index (χ1) is 6.77. The zero-order chi connectivity index (χ0) is 9.97. The average Bonchev–Trinajstić information content (AvgIpc) is 2.23. The maximum Gasteiger partial charge on any atom is 0.150 e. The summed E-state index contributed by atoms with van der Waals surface area (Å²) < 4.78 is 0. The van der Waals surface area contributed by atoms with E-state index in [-0.39, 0.29) is 0 Å². The van der Waals surface area contributed by atoms with Crippen molar-refractivity contribution < 1.29 is 0 Å². The number of hydrogen-bond donors (Lipinski definition) is 0. The molecule has 2 rings (SSSR count). The molecular formula is C11H17N3. The minimum atomic E-state index is 1.01. The van der Waals surface area contributed by atoms with E-state index in [4.69, 9.17) is 0 Å². The fraction of sp³-hybridized carbons (Fsp3) is 0.636. The van der Waals surface area contributed by atoms with Gasteiger partial charge in [0.1, 0.15) is 5.82 Å². The molecule has 0 spiro atoms. The first-order valence-electron chi connectivity index (χ1n) is 5.32. The summed E-state index contributed by atoms with van der Waals surface area (Å²) in [6.45, 7) is 6.31. The van der Waals surface area contributed by atoms with Crippen molar-refractivity contribution in [2.45, 2.75) is 33.1 Å². The Balaban J connectivity index is 2.24. The Kier molecular flexibility index (Phi) is 2.66. The van der Waals surface area contributed by atoms with E-state index < -0.39 is 0 Å². The second-order valence-corrected chi connectivity index (χ2v) is 3.97. The van der Waals surface area contributed by atoms with Crippen LogP contribution in [-0.2, 0) is 0 Å². The zero-order valence-electron chi connectivity index (χ0n) is 8.95. The van der Waals surface area contributed by atoms with Crippen molar-refractivity contribution in [3.05, 3.63) is 17.6 Å². The molecule has 0 radical (unpaired) electrons. The number of hydrogen-bond acceptors (Lipinski definition) is 3. The van der Waals surface area contributed by atoms with Crippen molar-refractivity contribution in [3.8, 4) is 0 Å². The van der Waals surface area contributed by atoms with Crippen LogP contribution in [0.4, 0.5) is 5.82 Å². The first kappa shape index (κ1) is 9.44.